The summed E-state index contributed by atoms with van der Waals surface area (Å²) >= 11 is 0. The Morgan fingerprint density at radius 3 is 1.23 bits per heavy atom. The summed E-state index contributed by atoms with van der Waals surface area (Å²) in [5.74, 6) is 0.515. The number of rotatable bonds is 11. The molecule has 314 valence electrons. The van der Waals surface area contributed by atoms with E-state index in [2.05, 4.69) is 239 Å². The van der Waals surface area contributed by atoms with Crippen LogP contribution in [0.3, 0.4) is 0 Å². The first-order valence-electron chi connectivity index (χ1n) is 22.6. The highest BCUT2D eigenvalue weighted by Gasteiger charge is 2.22. The van der Waals surface area contributed by atoms with Crippen LogP contribution < -0.4 is 4.90 Å². The predicted molar refractivity (Wildman–Crippen MR) is 275 cm³/mol. The molecule has 2 heterocycles. The van der Waals surface area contributed by atoms with Crippen LogP contribution in [0.2, 0.25) is 0 Å². The van der Waals surface area contributed by atoms with Gasteiger partial charge in [-0.25, -0.2) is 0 Å². The van der Waals surface area contributed by atoms with Gasteiger partial charge in [-0.05, 0) is 147 Å². The van der Waals surface area contributed by atoms with Gasteiger partial charge < -0.3 is 4.90 Å². The smallest absolute Gasteiger partial charge is 0.0709 e. The lowest BCUT2D eigenvalue weighted by Gasteiger charge is -2.30. The summed E-state index contributed by atoms with van der Waals surface area (Å²) < 4.78 is 0. The van der Waals surface area contributed by atoms with Gasteiger partial charge in [0.25, 0.3) is 0 Å². The van der Waals surface area contributed by atoms with Crippen LogP contribution in [0.5, 0.6) is 0 Å². The zero-order valence-corrected chi connectivity index (χ0v) is 37.4. The Balaban J connectivity index is 1.26. The van der Waals surface area contributed by atoms with Crippen LogP contribution >= 0.6 is 0 Å². The molecule has 8 aromatic carbocycles. The molecule has 3 nitrogen and oxygen atoms in total. The van der Waals surface area contributed by atoms with Crippen molar-refractivity contribution in [2.24, 2.45) is 5.92 Å². The highest BCUT2D eigenvalue weighted by atomic mass is 15.1. The molecule has 2 aromatic heterocycles. The van der Waals surface area contributed by atoms with Crippen molar-refractivity contribution < 1.29 is 0 Å². The molecule has 0 amide bonds. The molecule has 0 radical (unpaired) electrons. The van der Waals surface area contributed by atoms with E-state index in [0.29, 0.717) is 5.92 Å². The van der Waals surface area contributed by atoms with Crippen LogP contribution in [-0.4, -0.2) is 9.97 Å². The van der Waals surface area contributed by atoms with Gasteiger partial charge in [0.15, 0.2) is 0 Å². The summed E-state index contributed by atoms with van der Waals surface area (Å²) in [5, 5.41) is 2.46. The zero-order chi connectivity index (χ0) is 44.3. The molecule has 0 unspecified atom stereocenters. The number of fused-ring (bicyclic) bond motifs is 1. The van der Waals surface area contributed by atoms with E-state index in [-0.39, 0.29) is 0 Å². The number of nitrogens with zero attached hydrogens (tertiary/aromatic N) is 3. The van der Waals surface area contributed by atoms with Crippen molar-refractivity contribution in [1.29, 1.82) is 0 Å². The van der Waals surface area contributed by atoms with Crippen molar-refractivity contribution in [1.82, 2.24) is 9.97 Å². The third-order valence-corrected chi connectivity index (χ3v) is 12.4. The molecule has 65 heavy (non-hydrogen) atoms. The van der Waals surface area contributed by atoms with Gasteiger partial charge in [0.05, 0.1) is 17.1 Å². The Morgan fingerprint density at radius 2 is 0.785 bits per heavy atom. The summed E-state index contributed by atoms with van der Waals surface area (Å²) in [6.07, 6.45) is 5.02. The van der Waals surface area contributed by atoms with Crippen LogP contribution in [-0.2, 0) is 6.42 Å². The molecule has 3 heteroatoms. The molecule has 0 fully saturated rings. The van der Waals surface area contributed by atoms with Gasteiger partial charge in [-0.15, -0.1) is 0 Å². The van der Waals surface area contributed by atoms with Crippen LogP contribution in [0.1, 0.15) is 30.5 Å². The molecule has 0 aliphatic rings. The van der Waals surface area contributed by atoms with Crippen LogP contribution in [0.4, 0.5) is 17.1 Å². The number of pyridine rings is 2. The Kier molecular flexibility index (Phi) is 11.4. The monoisotopic (exact) mass is 837 g/mol. The van der Waals surface area contributed by atoms with Gasteiger partial charge in [0.2, 0.25) is 0 Å². The summed E-state index contributed by atoms with van der Waals surface area (Å²) in [6.45, 7) is 8.88. The molecular formula is C62H51N3. The quantitative estimate of drug-likeness (QED) is 0.130. The number of hydrogen-bond acceptors (Lipinski definition) is 3. The van der Waals surface area contributed by atoms with E-state index in [9.17, 15) is 0 Å². The van der Waals surface area contributed by atoms with E-state index in [1.54, 1.807) is 0 Å². The predicted octanol–water partition coefficient (Wildman–Crippen LogP) is 16.9. The molecule has 10 rings (SSSR count). The van der Waals surface area contributed by atoms with E-state index in [0.717, 1.165) is 79.4 Å². The third kappa shape index (κ3) is 8.62. The fourth-order valence-electron chi connectivity index (χ4n) is 9.18. The first-order chi connectivity index (χ1) is 31.9. The molecule has 0 N–H and O–H groups in total. The minimum Gasteiger partial charge on any atom is -0.310 e. The van der Waals surface area contributed by atoms with Crippen LogP contribution in [0.25, 0.3) is 77.8 Å². The molecule has 0 atom stereocenters. The Morgan fingerprint density at radius 1 is 0.385 bits per heavy atom. The molecule has 0 aliphatic heterocycles. The average molecular weight is 838 g/mol. The molecule has 0 saturated heterocycles. The molecule has 0 bridgehead atoms. The second-order valence-corrected chi connectivity index (χ2v) is 17.5. The fraction of sp³-hybridized carbons (Fsp3) is 0.0968. The van der Waals surface area contributed by atoms with Crippen molar-refractivity contribution in [2.45, 2.75) is 34.1 Å². The maximum atomic E-state index is 5.13. The Bertz CT molecular complexity index is 3090. The second kappa shape index (κ2) is 18.1. The number of benzene rings is 8. The van der Waals surface area contributed by atoms with Gasteiger partial charge in [0, 0.05) is 40.3 Å². The fourth-order valence-corrected chi connectivity index (χ4v) is 9.18. The lowest BCUT2D eigenvalue weighted by molar-refractivity contribution is 0.650. The van der Waals surface area contributed by atoms with Gasteiger partial charge in [-0.3, -0.25) is 9.97 Å². The standard InChI is InChI=1S/C62H51N3/c1-42(2)31-49-29-30-62(57-28-18-17-27-56(49)57)65(54-34-50(45-19-9-5-10-20-45)32-52(36-54)60-38-58(43(3)40-63-60)47-23-13-7-14-24-47)55-35-51(46-21-11-6-12-22-46)33-53(37-55)61-39-59(44(4)41-64-61)48-25-15-8-16-26-48/h5-30,32-42H,31H2,1-4H3. The normalized spacial score (nSPS) is 11.3. The SMILES string of the molecule is Cc1cnc(-c2cc(-c3ccccc3)cc(N(c3cc(-c4ccccc4)cc(-c4cc(-c5ccccc5)c(C)cn4)c3)c3ccc(CC(C)C)c4ccccc34)c2)cc1-c1ccccc1. The Labute approximate surface area is 383 Å². The van der Waals surface area contributed by atoms with Crippen LogP contribution in [0.15, 0.2) is 219 Å². The van der Waals surface area contributed by atoms with Gasteiger partial charge in [-0.1, -0.05) is 166 Å². The van der Waals surface area contributed by atoms with E-state index < -0.39 is 0 Å². The average Bonchev–Trinajstić information content (AvgIpc) is 3.36. The molecule has 0 spiro atoms. The molecular weight excluding hydrogens is 787 g/mol. The van der Waals surface area contributed by atoms with Crippen molar-refractivity contribution >= 4 is 27.8 Å². The summed E-state index contributed by atoms with van der Waals surface area (Å²) in [7, 11) is 0. The lowest BCUT2D eigenvalue weighted by atomic mass is 9.93. The largest absolute Gasteiger partial charge is 0.310 e. The minimum atomic E-state index is 0.515. The highest BCUT2D eigenvalue weighted by molar-refractivity contribution is 6.02. The van der Waals surface area contributed by atoms with E-state index >= 15 is 0 Å². The van der Waals surface area contributed by atoms with Gasteiger partial charge in [-0.2, -0.15) is 0 Å². The minimum absolute atomic E-state index is 0.515. The summed E-state index contributed by atoms with van der Waals surface area (Å²) in [6, 6.07) is 74.7. The zero-order valence-electron chi connectivity index (χ0n) is 37.4. The Hall–Kier alpha value is -7.88. The lowest BCUT2D eigenvalue weighted by Crippen LogP contribution is -2.12. The number of hydrogen-bond donors (Lipinski definition) is 0. The topological polar surface area (TPSA) is 29.0 Å². The summed E-state index contributed by atoms with van der Waals surface area (Å²) in [4.78, 5) is 12.7. The molecule has 0 saturated carbocycles. The van der Waals surface area contributed by atoms with E-state index in [1.807, 2.05) is 12.4 Å². The van der Waals surface area contributed by atoms with Crippen LogP contribution in [0, 0.1) is 19.8 Å². The molecule has 10 aromatic rings. The number of anilines is 3. The number of aromatic nitrogens is 2. The van der Waals surface area contributed by atoms with Crippen molar-refractivity contribution in [2.75, 3.05) is 4.90 Å². The highest BCUT2D eigenvalue weighted by Crippen LogP contribution is 2.46. The third-order valence-electron chi connectivity index (χ3n) is 12.4. The first-order valence-corrected chi connectivity index (χ1v) is 22.6. The van der Waals surface area contributed by atoms with Crippen molar-refractivity contribution in [3.05, 3.63) is 235 Å². The summed E-state index contributed by atoms with van der Waals surface area (Å²) in [5.41, 5.74) is 19.9. The van der Waals surface area contributed by atoms with Gasteiger partial charge >= 0.3 is 0 Å². The van der Waals surface area contributed by atoms with Crippen molar-refractivity contribution in [3.8, 4) is 67.0 Å². The maximum Gasteiger partial charge on any atom is 0.0709 e. The van der Waals surface area contributed by atoms with Crippen molar-refractivity contribution in [3.63, 3.8) is 0 Å². The maximum absolute atomic E-state index is 5.13. The van der Waals surface area contributed by atoms with E-state index in [1.165, 1.54) is 38.6 Å². The number of aryl methyl sites for hydroxylation is 2. The molecule has 0 aliphatic carbocycles. The van der Waals surface area contributed by atoms with E-state index in [4.69, 9.17) is 9.97 Å². The first kappa shape index (κ1) is 41.1. The van der Waals surface area contributed by atoms with Gasteiger partial charge in [0.1, 0.15) is 0 Å². The second-order valence-electron chi connectivity index (χ2n) is 17.5.